The summed E-state index contributed by atoms with van der Waals surface area (Å²) in [5.74, 6) is 1.77. The first-order valence-corrected chi connectivity index (χ1v) is 11.8. The quantitative estimate of drug-likeness (QED) is 0.254. The minimum Gasteiger partial charge on any atom is -0.493 e. The van der Waals surface area contributed by atoms with Crippen LogP contribution < -0.4 is 15.0 Å². The van der Waals surface area contributed by atoms with Crippen LogP contribution in [0, 0.1) is 0 Å². The topological polar surface area (TPSA) is 65.7 Å². The van der Waals surface area contributed by atoms with E-state index in [1.165, 1.54) is 4.68 Å². The molecule has 0 saturated carbocycles. The van der Waals surface area contributed by atoms with E-state index in [2.05, 4.69) is 26.0 Å². The molecule has 0 N–H and O–H groups in total. The first-order chi connectivity index (χ1) is 16.4. The highest BCUT2D eigenvalue weighted by molar-refractivity contribution is 9.10. The number of ether oxygens (including phenoxy) is 2. The standard InChI is InChI=1S/C26H23BrClN3O3/c1-16(2)25-30-22-10-7-19(27)13-21(22)26(32)31(25)29-14-18-6-11-23(24(12-18)33-3)34-15-17-4-8-20(28)9-5-17/h4-14,16H,15H2,1-3H3. The summed E-state index contributed by atoms with van der Waals surface area (Å²) < 4.78 is 13.6. The molecule has 0 radical (unpaired) electrons. The molecule has 0 aliphatic heterocycles. The summed E-state index contributed by atoms with van der Waals surface area (Å²) in [6.45, 7) is 4.34. The van der Waals surface area contributed by atoms with Gasteiger partial charge >= 0.3 is 0 Å². The van der Waals surface area contributed by atoms with Gasteiger partial charge in [-0.3, -0.25) is 4.79 Å². The summed E-state index contributed by atoms with van der Waals surface area (Å²) in [7, 11) is 1.58. The maximum absolute atomic E-state index is 13.2. The Bertz CT molecular complexity index is 1420. The van der Waals surface area contributed by atoms with Crippen molar-refractivity contribution in [1.29, 1.82) is 0 Å². The van der Waals surface area contributed by atoms with Gasteiger partial charge in [0, 0.05) is 15.4 Å². The molecule has 1 aromatic heterocycles. The Morgan fingerprint density at radius 3 is 2.56 bits per heavy atom. The maximum Gasteiger partial charge on any atom is 0.282 e. The van der Waals surface area contributed by atoms with Crippen LogP contribution in [0.1, 0.15) is 36.7 Å². The third kappa shape index (κ3) is 5.32. The third-order valence-electron chi connectivity index (χ3n) is 5.17. The second-order valence-electron chi connectivity index (χ2n) is 7.97. The molecule has 0 amide bonds. The summed E-state index contributed by atoms with van der Waals surface area (Å²) in [5, 5.41) is 5.66. The van der Waals surface area contributed by atoms with Gasteiger partial charge in [-0.05, 0) is 59.7 Å². The maximum atomic E-state index is 13.2. The number of fused-ring (bicyclic) bond motifs is 1. The SMILES string of the molecule is COc1cc(C=Nn2c(C(C)C)nc3ccc(Br)cc3c2=O)ccc1OCc1ccc(Cl)cc1. The highest BCUT2D eigenvalue weighted by Gasteiger charge is 2.14. The van der Waals surface area contributed by atoms with E-state index in [0.29, 0.717) is 39.9 Å². The molecule has 34 heavy (non-hydrogen) atoms. The van der Waals surface area contributed by atoms with Gasteiger partial charge in [0.15, 0.2) is 11.5 Å². The van der Waals surface area contributed by atoms with Crippen molar-refractivity contribution in [3.05, 3.63) is 97.5 Å². The lowest BCUT2D eigenvalue weighted by Gasteiger charge is -2.13. The van der Waals surface area contributed by atoms with E-state index in [9.17, 15) is 4.79 Å². The first-order valence-electron chi connectivity index (χ1n) is 10.7. The van der Waals surface area contributed by atoms with E-state index < -0.39 is 0 Å². The van der Waals surface area contributed by atoms with Crippen LogP contribution in [0.2, 0.25) is 5.02 Å². The molecule has 4 rings (SSSR count). The molecule has 1 heterocycles. The Labute approximate surface area is 210 Å². The van der Waals surface area contributed by atoms with Gasteiger partial charge in [-0.1, -0.05) is 53.5 Å². The fraction of sp³-hybridized carbons (Fsp3) is 0.192. The number of hydrogen-bond donors (Lipinski definition) is 0. The molecule has 4 aromatic rings. The van der Waals surface area contributed by atoms with Crippen molar-refractivity contribution in [3.63, 3.8) is 0 Å². The average molecular weight is 541 g/mol. The molecule has 0 unspecified atom stereocenters. The molecular weight excluding hydrogens is 518 g/mol. The van der Waals surface area contributed by atoms with Crippen LogP contribution in [0.4, 0.5) is 0 Å². The fourth-order valence-corrected chi connectivity index (χ4v) is 3.89. The van der Waals surface area contributed by atoms with E-state index in [0.717, 1.165) is 15.6 Å². The molecule has 8 heteroatoms. The fourth-order valence-electron chi connectivity index (χ4n) is 3.40. The van der Waals surface area contributed by atoms with Crippen molar-refractivity contribution < 1.29 is 9.47 Å². The van der Waals surface area contributed by atoms with Gasteiger partial charge in [-0.2, -0.15) is 9.78 Å². The van der Waals surface area contributed by atoms with E-state index in [1.807, 2.05) is 68.4 Å². The van der Waals surface area contributed by atoms with E-state index in [1.54, 1.807) is 19.4 Å². The molecule has 0 saturated heterocycles. The van der Waals surface area contributed by atoms with Crippen LogP contribution in [0.5, 0.6) is 11.5 Å². The zero-order chi connectivity index (χ0) is 24.2. The number of rotatable bonds is 7. The van der Waals surface area contributed by atoms with Gasteiger partial charge in [0.1, 0.15) is 12.4 Å². The van der Waals surface area contributed by atoms with Crippen LogP contribution in [-0.4, -0.2) is 23.0 Å². The van der Waals surface area contributed by atoms with Gasteiger partial charge in [0.2, 0.25) is 0 Å². The van der Waals surface area contributed by atoms with Crippen LogP contribution >= 0.6 is 27.5 Å². The molecule has 6 nitrogen and oxygen atoms in total. The Morgan fingerprint density at radius 1 is 1.09 bits per heavy atom. The lowest BCUT2D eigenvalue weighted by Crippen LogP contribution is -2.23. The van der Waals surface area contributed by atoms with Crippen molar-refractivity contribution in [2.75, 3.05) is 7.11 Å². The van der Waals surface area contributed by atoms with E-state index in [-0.39, 0.29) is 11.5 Å². The molecule has 3 aromatic carbocycles. The highest BCUT2D eigenvalue weighted by Crippen LogP contribution is 2.28. The minimum atomic E-state index is -0.221. The summed E-state index contributed by atoms with van der Waals surface area (Å²) >= 11 is 9.36. The van der Waals surface area contributed by atoms with E-state index >= 15 is 0 Å². The number of aromatic nitrogens is 2. The minimum absolute atomic E-state index is 0.0103. The van der Waals surface area contributed by atoms with Gasteiger partial charge in [-0.15, -0.1) is 0 Å². The number of benzene rings is 3. The third-order valence-corrected chi connectivity index (χ3v) is 5.91. The summed E-state index contributed by atoms with van der Waals surface area (Å²) in [4.78, 5) is 17.9. The first kappa shape index (κ1) is 24.0. The smallest absolute Gasteiger partial charge is 0.282 e. The Kier molecular flexibility index (Phi) is 7.34. The number of halogens is 2. The second-order valence-corrected chi connectivity index (χ2v) is 9.33. The van der Waals surface area contributed by atoms with Crippen LogP contribution in [0.25, 0.3) is 10.9 Å². The number of nitrogens with zero attached hydrogens (tertiary/aromatic N) is 3. The van der Waals surface area contributed by atoms with Crippen molar-refractivity contribution in [3.8, 4) is 11.5 Å². The second kappa shape index (κ2) is 10.4. The molecule has 0 aliphatic rings. The Balaban J connectivity index is 1.63. The molecule has 0 aliphatic carbocycles. The zero-order valence-corrected chi connectivity index (χ0v) is 21.3. The summed E-state index contributed by atoms with van der Waals surface area (Å²) in [6.07, 6.45) is 1.62. The van der Waals surface area contributed by atoms with Gasteiger partial charge in [0.05, 0.1) is 24.2 Å². The normalized spacial score (nSPS) is 11.5. The van der Waals surface area contributed by atoms with Crippen molar-refractivity contribution >= 4 is 44.6 Å². The molecule has 0 spiro atoms. The van der Waals surface area contributed by atoms with Gasteiger partial charge in [0.25, 0.3) is 5.56 Å². The van der Waals surface area contributed by atoms with E-state index in [4.69, 9.17) is 21.1 Å². The lowest BCUT2D eigenvalue weighted by molar-refractivity contribution is 0.284. The van der Waals surface area contributed by atoms with Crippen molar-refractivity contribution in [2.45, 2.75) is 26.4 Å². The Morgan fingerprint density at radius 2 is 1.85 bits per heavy atom. The van der Waals surface area contributed by atoms with Gasteiger partial charge in [-0.25, -0.2) is 4.98 Å². The summed E-state index contributed by atoms with van der Waals surface area (Å²) in [5.41, 5.74) is 2.17. The highest BCUT2D eigenvalue weighted by atomic mass is 79.9. The Hall–Kier alpha value is -3.16. The molecule has 0 atom stereocenters. The largest absolute Gasteiger partial charge is 0.493 e. The van der Waals surface area contributed by atoms with Gasteiger partial charge < -0.3 is 9.47 Å². The molecule has 0 fully saturated rings. The number of hydrogen-bond acceptors (Lipinski definition) is 5. The monoisotopic (exact) mass is 539 g/mol. The van der Waals surface area contributed by atoms with Crippen molar-refractivity contribution in [2.24, 2.45) is 5.10 Å². The lowest BCUT2D eigenvalue weighted by atomic mass is 10.2. The average Bonchev–Trinajstić information content (AvgIpc) is 2.83. The molecule has 174 valence electrons. The molecule has 0 bridgehead atoms. The van der Waals surface area contributed by atoms with Crippen molar-refractivity contribution in [1.82, 2.24) is 9.66 Å². The van der Waals surface area contributed by atoms with Crippen LogP contribution in [0.15, 0.2) is 75.0 Å². The number of methoxy groups -OCH3 is 1. The predicted molar refractivity (Wildman–Crippen MR) is 140 cm³/mol. The van der Waals surface area contributed by atoms with Crippen LogP contribution in [0.3, 0.4) is 0 Å². The predicted octanol–water partition coefficient (Wildman–Crippen LogP) is 6.41. The van der Waals surface area contributed by atoms with Crippen LogP contribution in [-0.2, 0) is 6.61 Å². The molecular formula is C26H23BrClN3O3. The zero-order valence-electron chi connectivity index (χ0n) is 19.0. The summed E-state index contributed by atoms with van der Waals surface area (Å²) in [6, 6.07) is 18.4.